The summed E-state index contributed by atoms with van der Waals surface area (Å²) in [4.78, 5) is 13.4. The van der Waals surface area contributed by atoms with Gasteiger partial charge in [0.15, 0.2) is 0 Å². The number of nitrogens with one attached hydrogen (secondary N) is 1. The van der Waals surface area contributed by atoms with Crippen LogP contribution in [0.2, 0.25) is 0 Å². The minimum absolute atomic E-state index is 0.106. The molecule has 33 heavy (non-hydrogen) atoms. The molecule has 3 aromatic carbocycles. The van der Waals surface area contributed by atoms with Crippen molar-refractivity contribution in [2.24, 2.45) is 0 Å². The minimum Gasteiger partial charge on any atom is -0.348 e. The quantitative estimate of drug-likeness (QED) is 0.561. The van der Waals surface area contributed by atoms with Crippen LogP contribution in [0.25, 0.3) is 0 Å². The number of aryl methyl sites for hydroxylation is 4. The van der Waals surface area contributed by atoms with Crippen molar-refractivity contribution in [1.29, 1.82) is 0 Å². The number of rotatable bonds is 6. The molecule has 0 bridgehead atoms. The van der Waals surface area contributed by atoms with E-state index in [0.717, 1.165) is 41.5 Å². The Balaban J connectivity index is 1.65. The second kappa shape index (κ2) is 9.40. The highest BCUT2D eigenvalue weighted by Gasteiger charge is 2.29. The van der Waals surface area contributed by atoms with Crippen LogP contribution in [0.3, 0.4) is 0 Å². The maximum Gasteiger partial charge on any atom is 0.264 e. The van der Waals surface area contributed by atoms with Crippen LogP contribution in [0.4, 0.5) is 5.69 Å². The van der Waals surface area contributed by atoms with E-state index >= 15 is 0 Å². The zero-order valence-electron chi connectivity index (χ0n) is 19.3. The molecule has 1 amide bonds. The molecule has 0 radical (unpaired) electrons. The Morgan fingerprint density at radius 3 is 2.30 bits per heavy atom. The van der Waals surface area contributed by atoms with Gasteiger partial charge in [0.2, 0.25) is 5.91 Å². The molecule has 0 saturated heterocycles. The molecule has 0 fully saturated rings. The summed E-state index contributed by atoms with van der Waals surface area (Å²) in [5.74, 6) is -0.313. The largest absolute Gasteiger partial charge is 0.348 e. The van der Waals surface area contributed by atoms with Crippen LogP contribution < -0.4 is 9.62 Å². The highest BCUT2D eigenvalue weighted by atomic mass is 32.2. The fraction of sp³-hybridized carbons (Fsp3) is 0.296. The number of sulfonamides is 1. The van der Waals surface area contributed by atoms with Crippen LogP contribution in [-0.4, -0.2) is 20.9 Å². The molecule has 4 rings (SSSR count). The topological polar surface area (TPSA) is 66.5 Å². The summed E-state index contributed by atoms with van der Waals surface area (Å²) in [6.07, 6.45) is 2.83. The highest BCUT2D eigenvalue weighted by molar-refractivity contribution is 7.92. The Morgan fingerprint density at radius 1 is 0.939 bits per heavy atom. The lowest BCUT2D eigenvalue weighted by Gasteiger charge is -2.29. The van der Waals surface area contributed by atoms with Crippen LogP contribution >= 0.6 is 0 Å². The monoisotopic (exact) mass is 462 g/mol. The lowest BCUT2D eigenvalue weighted by molar-refractivity contribution is -0.120. The van der Waals surface area contributed by atoms with Gasteiger partial charge >= 0.3 is 0 Å². The van der Waals surface area contributed by atoms with Crippen molar-refractivity contribution in [3.05, 3.63) is 94.5 Å². The van der Waals surface area contributed by atoms with E-state index in [1.165, 1.54) is 9.87 Å². The van der Waals surface area contributed by atoms with E-state index in [1.807, 2.05) is 57.2 Å². The summed E-state index contributed by atoms with van der Waals surface area (Å²) in [5, 5.41) is 3.09. The van der Waals surface area contributed by atoms with Gasteiger partial charge in [-0.2, -0.15) is 0 Å². The minimum atomic E-state index is -3.93. The van der Waals surface area contributed by atoms with E-state index in [9.17, 15) is 13.2 Å². The van der Waals surface area contributed by atoms with E-state index in [4.69, 9.17) is 0 Å². The maximum atomic E-state index is 13.6. The number of carbonyl (C=O) groups excluding carboxylic acids is 1. The lowest BCUT2D eigenvalue weighted by atomic mass is 9.88. The zero-order valence-corrected chi connectivity index (χ0v) is 20.2. The standard InChI is InChI=1S/C27H30N2O3S/c1-19-11-13-24(14-12-19)33(31,32)29(23-16-20(2)15-21(3)17-23)18-27(30)28-26-10-6-8-22-7-4-5-9-25(22)26/h4-5,7,9,11-17,26H,6,8,10,18H2,1-3H3,(H,28,30). The molecule has 1 aliphatic rings. The summed E-state index contributed by atoms with van der Waals surface area (Å²) < 4.78 is 28.5. The summed E-state index contributed by atoms with van der Waals surface area (Å²) in [5.41, 5.74) is 5.71. The number of amides is 1. The van der Waals surface area contributed by atoms with Crippen LogP contribution in [0.1, 0.15) is 46.7 Å². The molecule has 5 nitrogen and oxygen atoms in total. The van der Waals surface area contributed by atoms with E-state index in [-0.39, 0.29) is 23.4 Å². The van der Waals surface area contributed by atoms with Crippen LogP contribution in [0, 0.1) is 20.8 Å². The van der Waals surface area contributed by atoms with Gasteiger partial charge in [0.05, 0.1) is 16.6 Å². The first-order valence-electron chi connectivity index (χ1n) is 11.3. The Kier molecular flexibility index (Phi) is 6.56. The van der Waals surface area contributed by atoms with Gasteiger partial charge < -0.3 is 5.32 Å². The first kappa shape index (κ1) is 23.1. The normalized spacial score (nSPS) is 15.5. The summed E-state index contributed by atoms with van der Waals surface area (Å²) >= 11 is 0. The second-order valence-electron chi connectivity index (χ2n) is 8.88. The van der Waals surface area contributed by atoms with E-state index in [0.29, 0.717) is 5.69 Å². The predicted octanol–water partition coefficient (Wildman–Crippen LogP) is 5.00. The van der Waals surface area contributed by atoms with Gasteiger partial charge in [-0.25, -0.2) is 8.42 Å². The predicted molar refractivity (Wildman–Crippen MR) is 132 cm³/mol. The summed E-state index contributed by atoms with van der Waals surface area (Å²) in [7, 11) is -3.93. The van der Waals surface area contributed by atoms with Gasteiger partial charge in [-0.3, -0.25) is 9.10 Å². The van der Waals surface area contributed by atoms with Crippen LogP contribution in [-0.2, 0) is 21.2 Å². The summed E-state index contributed by atoms with van der Waals surface area (Å²) in [6, 6.07) is 20.4. The highest BCUT2D eigenvalue weighted by Crippen LogP contribution is 2.30. The second-order valence-corrected chi connectivity index (χ2v) is 10.7. The number of nitrogens with zero attached hydrogens (tertiary/aromatic N) is 1. The average molecular weight is 463 g/mol. The molecule has 0 saturated carbocycles. The molecule has 0 aliphatic heterocycles. The number of fused-ring (bicyclic) bond motifs is 1. The number of anilines is 1. The molecule has 172 valence electrons. The Labute approximate surface area is 196 Å². The van der Waals surface area contributed by atoms with Gasteiger partial charge in [0, 0.05) is 0 Å². The third-order valence-electron chi connectivity index (χ3n) is 6.10. The SMILES string of the molecule is Cc1ccc(S(=O)(=O)N(CC(=O)NC2CCCc3ccccc32)c2cc(C)cc(C)c2)cc1. The molecular formula is C27H30N2O3S. The molecule has 1 unspecified atom stereocenters. The van der Waals surface area contributed by atoms with Crippen molar-refractivity contribution in [3.63, 3.8) is 0 Å². The van der Waals surface area contributed by atoms with Crippen molar-refractivity contribution in [2.45, 2.75) is 51.0 Å². The van der Waals surface area contributed by atoms with Crippen molar-refractivity contribution in [2.75, 3.05) is 10.8 Å². The van der Waals surface area contributed by atoms with Gasteiger partial charge in [-0.05, 0) is 86.6 Å². The average Bonchev–Trinajstić information content (AvgIpc) is 2.77. The molecular weight excluding hydrogens is 432 g/mol. The van der Waals surface area contributed by atoms with E-state index in [1.54, 1.807) is 24.3 Å². The number of hydrogen-bond donors (Lipinski definition) is 1. The molecule has 0 aromatic heterocycles. The molecule has 1 atom stereocenters. The van der Waals surface area contributed by atoms with Gasteiger partial charge in [-0.15, -0.1) is 0 Å². The fourth-order valence-electron chi connectivity index (χ4n) is 4.52. The first-order valence-corrected chi connectivity index (χ1v) is 12.7. The van der Waals surface area contributed by atoms with E-state index in [2.05, 4.69) is 11.4 Å². The Hall–Kier alpha value is -3.12. The van der Waals surface area contributed by atoms with Gasteiger partial charge in [0.25, 0.3) is 10.0 Å². The van der Waals surface area contributed by atoms with Crippen molar-refractivity contribution in [3.8, 4) is 0 Å². The Bertz CT molecular complexity index is 1250. The van der Waals surface area contributed by atoms with Crippen LogP contribution in [0.15, 0.2) is 71.6 Å². The lowest BCUT2D eigenvalue weighted by Crippen LogP contribution is -2.42. The molecule has 1 N–H and O–H groups in total. The van der Waals surface area contributed by atoms with Gasteiger partial charge in [0.1, 0.15) is 6.54 Å². The number of carbonyl (C=O) groups is 1. The third kappa shape index (κ3) is 5.11. The third-order valence-corrected chi connectivity index (χ3v) is 7.88. The Morgan fingerprint density at radius 2 is 1.61 bits per heavy atom. The van der Waals surface area contributed by atoms with Crippen LogP contribution in [0.5, 0.6) is 0 Å². The molecule has 1 aliphatic carbocycles. The smallest absolute Gasteiger partial charge is 0.264 e. The van der Waals surface area contributed by atoms with Crippen molar-refractivity contribution in [1.82, 2.24) is 5.32 Å². The number of benzene rings is 3. The zero-order chi connectivity index (χ0) is 23.6. The fourth-order valence-corrected chi connectivity index (χ4v) is 5.93. The molecule has 0 spiro atoms. The van der Waals surface area contributed by atoms with Gasteiger partial charge in [-0.1, -0.05) is 48.0 Å². The summed E-state index contributed by atoms with van der Waals surface area (Å²) in [6.45, 7) is 5.48. The van der Waals surface area contributed by atoms with Crippen molar-refractivity contribution < 1.29 is 13.2 Å². The molecule has 0 heterocycles. The van der Waals surface area contributed by atoms with Crippen molar-refractivity contribution >= 4 is 21.6 Å². The maximum absolute atomic E-state index is 13.6. The molecule has 6 heteroatoms. The first-order chi connectivity index (χ1) is 15.7. The number of hydrogen-bond acceptors (Lipinski definition) is 3. The van der Waals surface area contributed by atoms with E-state index < -0.39 is 10.0 Å². The molecule has 3 aromatic rings.